The summed E-state index contributed by atoms with van der Waals surface area (Å²) in [4.78, 5) is 11.2. The molecule has 1 aromatic carbocycles. The maximum absolute atomic E-state index is 11.2. The molecule has 1 saturated carbocycles. The summed E-state index contributed by atoms with van der Waals surface area (Å²) >= 11 is 0. The van der Waals surface area contributed by atoms with E-state index in [2.05, 4.69) is 30.3 Å². The van der Waals surface area contributed by atoms with Crippen LogP contribution in [0.15, 0.2) is 30.3 Å². The van der Waals surface area contributed by atoms with Gasteiger partial charge in [0.1, 0.15) is 5.78 Å². The van der Waals surface area contributed by atoms with E-state index < -0.39 is 0 Å². The topological polar surface area (TPSA) is 17.1 Å². The van der Waals surface area contributed by atoms with E-state index in [0.717, 1.165) is 25.2 Å². The molecule has 0 amide bonds. The smallest absolute Gasteiger partial charge is 0.132 e. The van der Waals surface area contributed by atoms with Gasteiger partial charge in [0.2, 0.25) is 0 Å². The number of carbonyl (C=O) groups is 1. The van der Waals surface area contributed by atoms with Crippen LogP contribution in [0.5, 0.6) is 0 Å². The van der Waals surface area contributed by atoms with Crippen molar-refractivity contribution >= 4 is 5.78 Å². The van der Waals surface area contributed by atoms with Gasteiger partial charge in [-0.1, -0.05) is 30.3 Å². The number of Topliss-reactive ketones (excluding diaryl/α,β-unsaturated/α-hetero) is 1. The molecule has 0 aromatic heterocycles. The number of hydrogen-bond acceptors (Lipinski definition) is 1. The number of rotatable bonds is 3. The Morgan fingerprint density at radius 2 is 2.00 bits per heavy atom. The molecular formula is C14H18O. The largest absolute Gasteiger partial charge is 0.300 e. The SMILES string of the molecule is CC(=O)[C@@H]1CC[C@@H](Cc2ccccc2)C1. The Morgan fingerprint density at radius 3 is 2.60 bits per heavy atom. The van der Waals surface area contributed by atoms with Crippen LogP contribution in [0.3, 0.4) is 0 Å². The maximum atomic E-state index is 11.2. The van der Waals surface area contributed by atoms with Crippen molar-refractivity contribution in [2.45, 2.75) is 32.6 Å². The Balaban J connectivity index is 1.90. The molecule has 1 nitrogen and oxygen atoms in total. The van der Waals surface area contributed by atoms with Gasteiger partial charge in [0.15, 0.2) is 0 Å². The van der Waals surface area contributed by atoms with Crippen LogP contribution >= 0.6 is 0 Å². The van der Waals surface area contributed by atoms with Crippen molar-refractivity contribution in [3.8, 4) is 0 Å². The lowest BCUT2D eigenvalue weighted by atomic mass is 9.96. The van der Waals surface area contributed by atoms with Gasteiger partial charge < -0.3 is 0 Å². The minimum Gasteiger partial charge on any atom is -0.300 e. The van der Waals surface area contributed by atoms with Crippen LogP contribution in [0, 0.1) is 11.8 Å². The fraction of sp³-hybridized carbons (Fsp3) is 0.500. The van der Waals surface area contributed by atoms with Crippen LogP contribution in [0.25, 0.3) is 0 Å². The highest BCUT2D eigenvalue weighted by Crippen LogP contribution is 2.33. The molecule has 0 radical (unpaired) electrons. The number of ketones is 1. The lowest BCUT2D eigenvalue weighted by molar-refractivity contribution is -0.120. The number of hydrogen-bond donors (Lipinski definition) is 0. The van der Waals surface area contributed by atoms with Gasteiger partial charge in [0.05, 0.1) is 0 Å². The molecule has 0 aliphatic heterocycles. The van der Waals surface area contributed by atoms with E-state index in [4.69, 9.17) is 0 Å². The van der Waals surface area contributed by atoms with Gasteiger partial charge in [-0.2, -0.15) is 0 Å². The van der Waals surface area contributed by atoms with E-state index >= 15 is 0 Å². The Labute approximate surface area is 91.5 Å². The quantitative estimate of drug-likeness (QED) is 0.735. The number of carbonyl (C=O) groups excluding carboxylic acids is 1. The molecule has 0 N–H and O–H groups in total. The summed E-state index contributed by atoms with van der Waals surface area (Å²) in [5, 5.41) is 0. The summed E-state index contributed by atoms with van der Waals surface area (Å²) in [6.07, 6.45) is 4.57. The van der Waals surface area contributed by atoms with E-state index in [-0.39, 0.29) is 0 Å². The van der Waals surface area contributed by atoms with Gasteiger partial charge >= 0.3 is 0 Å². The minimum atomic E-state index is 0.346. The first-order valence-electron chi connectivity index (χ1n) is 5.80. The van der Waals surface area contributed by atoms with Crippen LogP contribution in [-0.2, 0) is 11.2 Å². The van der Waals surface area contributed by atoms with Crippen molar-refractivity contribution in [1.82, 2.24) is 0 Å². The molecule has 80 valence electrons. The second-order valence-electron chi connectivity index (χ2n) is 4.68. The van der Waals surface area contributed by atoms with E-state index in [1.807, 2.05) is 0 Å². The second-order valence-corrected chi connectivity index (χ2v) is 4.68. The molecule has 0 heterocycles. The van der Waals surface area contributed by atoms with Crippen molar-refractivity contribution < 1.29 is 4.79 Å². The van der Waals surface area contributed by atoms with Crippen LogP contribution in [-0.4, -0.2) is 5.78 Å². The van der Waals surface area contributed by atoms with Gasteiger partial charge in [-0.15, -0.1) is 0 Å². The van der Waals surface area contributed by atoms with E-state index in [9.17, 15) is 4.79 Å². The van der Waals surface area contributed by atoms with Crippen molar-refractivity contribution in [2.75, 3.05) is 0 Å². The van der Waals surface area contributed by atoms with E-state index in [1.165, 1.54) is 12.0 Å². The third-order valence-corrected chi connectivity index (χ3v) is 3.48. The Hall–Kier alpha value is -1.11. The molecule has 0 spiro atoms. The van der Waals surface area contributed by atoms with E-state index in [1.54, 1.807) is 6.92 Å². The average molecular weight is 202 g/mol. The third-order valence-electron chi connectivity index (χ3n) is 3.48. The molecule has 1 aromatic rings. The predicted octanol–water partition coefficient (Wildman–Crippen LogP) is 3.23. The highest BCUT2D eigenvalue weighted by molar-refractivity contribution is 5.78. The zero-order chi connectivity index (χ0) is 10.7. The third kappa shape index (κ3) is 2.68. The molecule has 0 unspecified atom stereocenters. The molecule has 1 heteroatoms. The van der Waals surface area contributed by atoms with Gasteiger partial charge in [-0.25, -0.2) is 0 Å². The van der Waals surface area contributed by atoms with E-state index in [0.29, 0.717) is 11.7 Å². The molecule has 2 atom stereocenters. The highest BCUT2D eigenvalue weighted by atomic mass is 16.1. The molecule has 15 heavy (non-hydrogen) atoms. The van der Waals surface area contributed by atoms with Gasteiger partial charge in [0, 0.05) is 5.92 Å². The minimum absolute atomic E-state index is 0.346. The van der Waals surface area contributed by atoms with Crippen LogP contribution < -0.4 is 0 Å². The fourth-order valence-electron chi connectivity index (χ4n) is 2.58. The maximum Gasteiger partial charge on any atom is 0.132 e. The summed E-state index contributed by atoms with van der Waals surface area (Å²) in [5.41, 5.74) is 1.41. The molecule has 1 fully saturated rings. The summed E-state index contributed by atoms with van der Waals surface area (Å²) in [7, 11) is 0. The van der Waals surface area contributed by atoms with Gasteiger partial charge in [-0.3, -0.25) is 4.79 Å². The molecule has 0 saturated heterocycles. The summed E-state index contributed by atoms with van der Waals surface area (Å²) in [5.74, 6) is 1.45. The van der Waals surface area contributed by atoms with Gasteiger partial charge in [0.25, 0.3) is 0 Å². The lowest BCUT2D eigenvalue weighted by Gasteiger charge is -2.09. The second kappa shape index (κ2) is 4.61. The summed E-state index contributed by atoms with van der Waals surface area (Å²) in [6, 6.07) is 10.6. The normalized spacial score (nSPS) is 25.4. The van der Waals surface area contributed by atoms with Crippen molar-refractivity contribution in [3.63, 3.8) is 0 Å². The summed E-state index contributed by atoms with van der Waals surface area (Å²) < 4.78 is 0. The molecule has 1 aliphatic rings. The van der Waals surface area contributed by atoms with Crippen LogP contribution in [0.2, 0.25) is 0 Å². The Kier molecular flexibility index (Phi) is 3.20. The number of benzene rings is 1. The average Bonchev–Trinajstić information content (AvgIpc) is 2.68. The Bertz CT molecular complexity index is 328. The molecule has 2 rings (SSSR count). The monoisotopic (exact) mass is 202 g/mol. The molecule has 0 bridgehead atoms. The summed E-state index contributed by atoms with van der Waals surface area (Å²) in [6.45, 7) is 1.73. The highest BCUT2D eigenvalue weighted by Gasteiger charge is 2.27. The van der Waals surface area contributed by atoms with Crippen LogP contribution in [0.4, 0.5) is 0 Å². The van der Waals surface area contributed by atoms with Crippen molar-refractivity contribution in [3.05, 3.63) is 35.9 Å². The molecular weight excluding hydrogens is 184 g/mol. The predicted molar refractivity (Wildman–Crippen MR) is 61.7 cm³/mol. The zero-order valence-electron chi connectivity index (χ0n) is 9.28. The lowest BCUT2D eigenvalue weighted by Crippen LogP contribution is -2.07. The van der Waals surface area contributed by atoms with Crippen molar-refractivity contribution in [1.29, 1.82) is 0 Å². The first kappa shape index (κ1) is 10.4. The van der Waals surface area contributed by atoms with Crippen LogP contribution in [0.1, 0.15) is 31.7 Å². The zero-order valence-corrected chi connectivity index (χ0v) is 9.28. The standard InChI is InChI=1S/C14H18O/c1-11(15)14-8-7-13(10-14)9-12-5-3-2-4-6-12/h2-6,13-14H,7-10H2,1H3/t13-,14+/m0/s1. The van der Waals surface area contributed by atoms with Crippen molar-refractivity contribution in [2.24, 2.45) is 11.8 Å². The first-order valence-corrected chi connectivity index (χ1v) is 5.80. The fourth-order valence-corrected chi connectivity index (χ4v) is 2.58. The first-order chi connectivity index (χ1) is 7.25. The molecule has 1 aliphatic carbocycles. The Morgan fingerprint density at radius 1 is 1.27 bits per heavy atom. The van der Waals surface area contributed by atoms with Gasteiger partial charge in [-0.05, 0) is 44.1 Å².